The summed E-state index contributed by atoms with van der Waals surface area (Å²) in [5, 5.41) is 12.4. The molecule has 0 radical (unpaired) electrons. The SMILES string of the molecule is C=CCOc1ccccc1CNCCCC(C)CO. The van der Waals surface area contributed by atoms with Crippen LogP contribution in [0.4, 0.5) is 0 Å². The summed E-state index contributed by atoms with van der Waals surface area (Å²) in [4.78, 5) is 0. The minimum atomic E-state index is 0.276. The monoisotopic (exact) mass is 263 g/mol. The highest BCUT2D eigenvalue weighted by atomic mass is 16.5. The molecule has 0 saturated heterocycles. The van der Waals surface area contributed by atoms with Gasteiger partial charge in [-0.25, -0.2) is 0 Å². The molecule has 0 heterocycles. The molecule has 1 atom stereocenters. The number of hydrogen-bond donors (Lipinski definition) is 2. The largest absolute Gasteiger partial charge is 0.489 e. The Labute approximate surface area is 116 Å². The van der Waals surface area contributed by atoms with E-state index in [0.29, 0.717) is 12.5 Å². The molecule has 19 heavy (non-hydrogen) atoms. The van der Waals surface area contributed by atoms with Gasteiger partial charge in [-0.15, -0.1) is 0 Å². The van der Waals surface area contributed by atoms with Crippen LogP contribution in [0.1, 0.15) is 25.3 Å². The Hall–Kier alpha value is -1.32. The van der Waals surface area contributed by atoms with Gasteiger partial charge in [0, 0.05) is 18.7 Å². The Balaban J connectivity index is 2.30. The van der Waals surface area contributed by atoms with E-state index in [0.717, 1.165) is 31.7 Å². The van der Waals surface area contributed by atoms with Gasteiger partial charge in [0.05, 0.1) is 0 Å². The van der Waals surface area contributed by atoms with Gasteiger partial charge in [0.2, 0.25) is 0 Å². The van der Waals surface area contributed by atoms with Crippen LogP contribution in [0.3, 0.4) is 0 Å². The number of hydrogen-bond acceptors (Lipinski definition) is 3. The third-order valence-corrected chi connectivity index (χ3v) is 3.01. The predicted molar refractivity (Wildman–Crippen MR) is 79.3 cm³/mol. The molecule has 106 valence electrons. The third kappa shape index (κ3) is 6.41. The van der Waals surface area contributed by atoms with E-state index in [1.807, 2.05) is 18.2 Å². The maximum absolute atomic E-state index is 8.94. The van der Waals surface area contributed by atoms with Crippen molar-refractivity contribution in [3.63, 3.8) is 0 Å². The summed E-state index contributed by atoms with van der Waals surface area (Å²) in [6.07, 6.45) is 3.88. The molecule has 1 aromatic carbocycles. The van der Waals surface area contributed by atoms with Crippen molar-refractivity contribution in [2.75, 3.05) is 19.8 Å². The predicted octanol–water partition coefficient (Wildman–Crippen LogP) is 2.75. The molecule has 0 aliphatic carbocycles. The van der Waals surface area contributed by atoms with Gasteiger partial charge in [-0.3, -0.25) is 0 Å². The standard InChI is InChI=1S/C16H25NO2/c1-3-11-19-16-9-5-4-8-15(16)12-17-10-6-7-14(2)13-18/h3-5,8-9,14,17-18H,1,6-7,10-13H2,2H3. The minimum absolute atomic E-state index is 0.276. The van der Waals surface area contributed by atoms with Crippen LogP contribution in [0.5, 0.6) is 5.75 Å². The van der Waals surface area contributed by atoms with E-state index in [1.54, 1.807) is 6.08 Å². The summed E-state index contributed by atoms with van der Waals surface area (Å²) in [6.45, 7) is 8.30. The first kappa shape index (κ1) is 15.7. The van der Waals surface area contributed by atoms with Crippen molar-refractivity contribution in [3.05, 3.63) is 42.5 Å². The first-order valence-corrected chi connectivity index (χ1v) is 6.91. The van der Waals surface area contributed by atoms with Crippen molar-refractivity contribution in [1.82, 2.24) is 5.32 Å². The maximum atomic E-state index is 8.94. The van der Waals surface area contributed by atoms with Crippen molar-refractivity contribution in [2.45, 2.75) is 26.3 Å². The maximum Gasteiger partial charge on any atom is 0.124 e. The van der Waals surface area contributed by atoms with E-state index >= 15 is 0 Å². The highest BCUT2D eigenvalue weighted by Crippen LogP contribution is 2.17. The van der Waals surface area contributed by atoms with Crippen LogP contribution in [-0.2, 0) is 6.54 Å². The molecule has 2 N–H and O–H groups in total. The number of para-hydroxylation sites is 1. The minimum Gasteiger partial charge on any atom is -0.489 e. The van der Waals surface area contributed by atoms with Crippen molar-refractivity contribution in [2.24, 2.45) is 5.92 Å². The summed E-state index contributed by atoms with van der Waals surface area (Å²) < 4.78 is 5.61. The second-order valence-corrected chi connectivity index (χ2v) is 4.81. The van der Waals surface area contributed by atoms with E-state index in [1.165, 1.54) is 5.56 Å². The zero-order valence-corrected chi connectivity index (χ0v) is 11.8. The zero-order chi connectivity index (χ0) is 13.9. The van der Waals surface area contributed by atoms with E-state index in [-0.39, 0.29) is 6.61 Å². The Morgan fingerprint density at radius 2 is 2.21 bits per heavy atom. The average molecular weight is 263 g/mol. The van der Waals surface area contributed by atoms with Crippen LogP contribution in [0, 0.1) is 5.92 Å². The first-order chi connectivity index (χ1) is 9.27. The van der Waals surface area contributed by atoms with Crippen molar-refractivity contribution < 1.29 is 9.84 Å². The first-order valence-electron chi connectivity index (χ1n) is 6.91. The Kier molecular flexibility index (Phi) is 7.94. The van der Waals surface area contributed by atoms with E-state index in [4.69, 9.17) is 9.84 Å². The molecular weight excluding hydrogens is 238 g/mol. The fourth-order valence-electron chi connectivity index (χ4n) is 1.83. The topological polar surface area (TPSA) is 41.5 Å². The van der Waals surface area contributed by atoms with Gasteiger partial charge in [0.1, 0.15) is 12.4 Å². The molecule has 0 saturated carbocycles. The normalized spacial score (nSPS) is 12.1. The number of aliphatic hydroxyl groups is 1. The van der Waals surface area contributed by atoms with Crippen molar-refractivity contribution in [3.8, 4) is 5.75 Å². The van der Waals surface area contributed by atoms with Gasteiger partial charge in [0.15, 0.2) is 0 Å². The number of benzene rings is 1. The summed E-state index contributed by atoms with van der Waals surface area (Å²) >= 11 is 0. The molecule has 1 rings (SSSR count). The summed E-state index contributed by atoms with van der Waals surface area (Å²) in [5.41, 5.74) is 1.17. The van der Waals surface area contributed by atoms with Gasteiger partial charge in [-0.2, -0.15) is 0 Å². The molecule has 0 aliphatic heterocycles. The van der Waals surface area contributed by atoms with Crippen molar-refractivity contribution in [1.29, 1.82) is 0 Å². The lowest BCUT2D eigenvalue weighted by molar-refractivity contribution is 0.228. The van der Waals surface area contributed by atoms with Gasteiger partial charge in [-0.1, -0.05) is 37.8 Å². The second kappa shape index (κ2) is 9.59. The highest BCUT2D eigenvalue weighted by Gasteiger charge is 2.02. The molecule has 1 aromatic rings. The molecular formula is C16H25NO2. The average Bonchev–Trinajstić information content (AvgIpc) is 2.45. The van der Waals surface area contributed by atoms with E-state index in [9.17, 15) is 0 Å². The van der Waals surface area contributed by atoms with Gasteiger partial charge < -0.3 is 15.2 Å². The lowest BCUT2D eigenvalue weighted by atomic mass is 10.1. The van der Waals surface area contributed by atoms with E-state index in [2.05, 4.69) is 24.9 Å². The third-order valence-electron chi connectivity index (χ3n) is 3.01. The smallest absolute Gasteiger partial charge is 0.124 e. The van der Waals surface area contributed by atoms with Crippen LogP contribution in [-0.4, -0.2) is 24.9 Å². The summed E-state index contributed by atoms with van der Waals surface area (Å²) in [7, 11) is 0. The number of ether oxygens (including phenoxy) is 1. The van der Waals surface area contributed by atoms with Crippen LogP contribution in [0.15, 0.2) is 36.9 Å². The summed E-state index contributed by atoms with van der Waals surface area (Å²) in [6, 6.07) is 8.05. The second-order valence-electron chi connectivity index (χ2n) is 4.81. The fraction of sp³-hybridized carbons (Fsp3) is 0.500. The lowest BCUT2D eigenvalue weighted by Crippen LogP contribution is -2.16. The highest BCUT2D eigenvalue weighted by molar-refractivity contribution is 5.33. The molecule has 0 spiro atoms. The Morgan fingerprint density at radius 1 is 1.42 bits per heavy atom. The molecule has 0 amide bonds. The Bertz CT molecular complexity index is 366. The molecule has 0 bridgehead atoms. The van der Waals surface area contributed by atoms with Gasteiger partial charge >= 0.3 is 0 Å². The molecule has 3 heteroatoms. The fourth-order valence-corrected chi connectivity index (χ4v) is 1.83. The van der Waals surface area contributed by atoms with E-state index < -0.39 is 0 Å². The molecule has 0 aromatic heterocycles. The molecule has 0 aliphatic rings. The van der Waals surface area contributed by atoms with Gasteiger partial charge in [0.25, 0.3) is 0 Å². The molecule has 0 fully saturated rings. The Morgan fingerprint density at radius 3 is 2.95 bits per heavy atom. The summed E-state index contributed by atoms with van der Waals surface area (Å²) in [5.74, 6) is 1.31. The lowest BCUT2D eigenvalue weighted by Gasteiger charge is -2.11. The zero-order valence-electron chi connectivity index (χ0n) is 11.8. The number of rotatable bonds is 10. The van der Waals surface area contributed by atoms with Gasteiger partial charge in [-0.05, 0) is 31.4 Å². The number of nitrogens with one attached hydrogen (secondary N) is 1. The van der Waals surface area contributed by atoms with Crippen LogP contribution in [0.2, 0.25) is 0 Å². The molecule has 3 nitrogen and oxygen atoms in total. The van der Waals surface area contributed by atoms with Crippen LogP contribution in [0.25, 0.3) is 0 Å². The van der Waals surface area contributed by atoms with Crippen LogP contribution >= 0.6 is 0 Å². The quantitative estimate of drug-likeness (QED) is 0.504. The number of aliphatic hydroxyl groups excluding tert-OH is 1. The van der Waals surface area contributed by atoms with Crippen molar-refractivity contribution >= 4 is 0 Å². The molecule has 1 unspecified atom stereocenters. The van der Waals surface area contributed by atoms with Crippen LogP contribution < -0.4 is 10.1 Å².